The number of nitrogens with one attached hydrogen (secondary N) is 2. The van der Waals surface area contributed by atoms with Crippen molar-refractivity contribution in [2.75, 3.05) is 6.54 Å². The average Bonchev–Trinajstić information content (AvgIpc) is 2.56. The summed E-state index contributed by atoms with van der Waals surface area (Å²) in [5.41, 5.74) is 5.73. The molecule has 0 spiro atoms. The van der Waals surface area contributed by atoms with Crippen molar-refractivity contribution in [1.29, 1.82) is 0 Å². The number of amides is 3. The smallest absolute Gasteiger partial charge is 0.312 e. The topological polar surface area (TPSA) is 111 Å². The summed E-state index contributed by atoms with van der Waals surface area (Å²) in [7, 11) is 0. The SMILES string of the molecule is C[C@H](OC(=O)CCCCCNC(N)=O)C(=O)NCc1ccccc1Cl. The first kappa shape index (κ1) is 20.8. The maximum Gasteiger partial charge on any atom is 0.312 e. The number of ether oxygens (including phenoxy) is 1. The summed E-state index contributed by atoms with van der Waals surface area (Å²) in [5.74, 6) is -0.804. The van der Waals surface area contributed by atoms with Crippen molar-refractivity contribution in [2.45, 2.75) is 45.3 Å². The van der Waals surface area contributed by atoms with Crippen LogP contribution in [0.4, 0.5) is 4.79 Å². The van der Waals surface area contributed by atoms with Gasteiger partial charge < -0.3 is 21.1 Å². The molecule has 1 atom stereocenters. The summed E-state index contributed by atoms with van der Waals surface area (Å²) in [6.07, 6.45) is 1.45. The average molecular weight is 370 g/mol. The van der Waals surface area contributed by atoms with E-state index < -0.39 is 18.1 Å². The molecule has 8 heteroatoms. The summed E-state index contributed by atoms with van der Waals surface area (Å²) in [4.78, 5) is 34.2. The Hall–Kier alpha value is -2.28. The Morgan fingerprint density at radius 1 is 1.16 bits per heavy atom. The van der Waals surface area contributed by atoms with Crippen LogP contribution in [0, 0.1) is 0 Å². The fourth-order valence-corrected chi connectivity index (χ4v) is 2.26. The Morgan fingerprint density at radius 3 is 2.56 bits per heavy atom. The summed E-state index contributed by atoms with van der Waals surface area (Å²) >= 11 is 6.02. The van der Waals surface area contributed by atoms with Crippen molar-refractivity contribution >= 4 is 29.5 Å². The second-order valence-electron chi connectivity index (χ2n) is 5.54. The van der Waals surface area contributed by atoms with Crippen molar-refractivity contribution in [3.8, 4) is 0 Å². The number of hydrogen-bond donors (Lipinski definition) is 3. The number of unbranched alkanes of at least 4 members (excludes halogenated alkanes) is 2. The quantitative estimate of drug-likeness (QED) is 0.433. The molecule has 1 rings (SSSR count). The second-order valence-corrected chi connectivity index (χ2v) is 5.95. The summed E-state index contributed by atoms with van der Waals surface area (Å²) in [6, 6.07) is 6.63. The number of halogens is 1. The third-order valence-electron chi connectivity index (χ3n) is 3.45. The van der Waals surface area contributed by atoms with Gasteiger partial charge in [0.15, 0.2) is 6.10 Å². The molecular weight excluding hydrogens is 346 g/mol. The molecule has 1 aromatic carbocycles. The zero-order valence-corrected chi connectivity index (χ0v) is 15.0. The number of carbonyl (C=O) groups excluding carboxylic acids is 3. The van der Waals surface area contributed by atoms with Crippen LogP contribution in [0.5, 0.6) is 0 Å². The van der Waals surface area contributed by atoms with Gasteiger partial charge in [-0.1, -0.05) is 36.2 Å². The van der Waals surface area contributed by atoms with Crippen LogP contribution in [0.25, 0.3) is 0 Å². The lowest BCUT2D eigenvalue weighted by Gasteiger charge is -2.14. The third-order valence-corrected chi connectivity index (χ3v) is 3.81. The zero-order valence-electron chi connectivity index (χ0n) is 14.2. The van der Waals surface area contributed by atoms with Crippen molar-refractivity contribution in [1.82, 2.24) is 10.6 Å². The molecule has 0 radical (unpaired) electrons. The zero-order chi connectivity index (χ0) is 18.7. The van der Waals surface area contributed by atoms with Crippen LogP contribution in [0.2, 0.25) is 5.02 Å². The molecule has 0 saturated carbocycles. The van der Waals surface area contributed by atoms with Gasteiger partial charge in [0.25, 0.3) is 5.91 Å². The van der Waals surface area contributed by atoms with Crippen LogP contribution in [-0.2, 0) is 20.9 Å². The Morgan fingerprint density at radius 2 is 1.88 bits per heavy atom. The monoisotopic (exact) mass is 369 g/mol. The Bertz CT molecular complexity index is 595. The maximum atomic E-state index is 12.0. The van der Waals surface area contributed by atoms with Crippen LogP contribution in [0.3, 0.4) is 0 Å². The van der Waals surface area contributed by atoms with Gasteiger partial charge in [0.05, 0.1) is 0 Å². The number of hydrogen-bond acceptors (Lipinski definition) is 4. The van der Waals surface area contributed by atoms with Gasteiger partial charge in [-0.05, 0) is 31.4 Å². The molecule has 0 heterocycles. The Balaban J connectivity index is 2.20. The minimum absolute atomic E-state index is 0.221. The van der Waals surface area contributed by atoms with Gasteiger partial charge >= 0.3 is 12.0 Å². The molecule has 0 aliphatic heterocycles. The minimum atomic E-state index is -0.869. The van der Waals surface area contributed by atoms with Crippen LogP contribution >= 0.6 is 11.6 Å². The van der Waals surface area contributed by atoms with E-state index in [1.165, 1.54) is 6.92 Å². The highest BCUT2D eigenvalue weighted by molar-refractivity contribution is 6.31. The first-order chi connectivity index (χ1) is 11.9. The molecule has 7 nitrogen and oxygen atoms in total. The van der Waals surface area contributed by atoms with E-state index in [0.717, 1.165) is 18.4 Å². The lowest BCUT2D eigenvalue weighted by Crippen LogP contribution is -2.35. The van der Waals surface area contributed by atoms with E-state index >= 15 is 0 Å². The number of benzene rings is 1. The highest BCUT2D eigenvalue weighted by Gasteiger charge is 2.17. The van der Waals surface area contributed by atoms with E-state index in [4.69, 9.17) is 22.1 Å². The fourth-order valence-electron chi connectivity index (χ4n) is 2.06. The molecule has 138 valence electrons. The third kappa shape index (κ3) is 8.95. The molecule has 0 bridgehead atoms. The lowest BCUT2D eigenvalue weighted by atomic mass is 10.2. The van der Waals surface area contributed by atoms with Gasteiger partial charge in [0.2, 0.25) is 0 Å². The van der Waals surface area contributed by atoms with Crippen LogP contribution in [0.1, 0.15) is 38.2 Å². The van der Waals surface area contributed by atoms with E-state index in [1.54, 1.807) is 6.07 Å². The highest BCUT2D eigenvalue weighted by Crippen LogP contribution is 2.14. The normalized spacial score (nSPS) is 11.4. The van der Waals surface area contributed by atoms with Gasteiger partial charge in [0.1, 0.15) is 0 Å². The van der Waals surface area contributed by atoms with Crippen molar-refractivity contribution in [3.05, 3.63) is 34.9 Å². The van der Waals surface area contributed by atoms with E-state index in [9.17, 15) is 14.4 Å². The van der Waals surface area contributed by atoms with Gasteiger partial charge in [-0.15, -0.1) is 0 Å². The van der Waals surface area contributed by atoms with Gasteiger partial charge in [-0.3, -0.25) is 9.59 Å². The molecular formula is C17H24ClN3O4. The molecule has 1 aromatic rings. The number of rotatable bonds is 10. The van der Waals surface area contributed by atoms with Crippen LogP contribution in [0.15, 0.2) is 24.3 Å². The molecule has 3 amide bonds. The number of esters is 1. The van der Waals surface area contributed by atoms with Gasteiger partial charge in [-0.2, -0.15) is 0 Å². The molecule has 0 unspecified atom stereocenters. The number of primary amides is 1. The Kier molecular flexibility index (Phi) is 9.39. The fraction of sp³-hybridized carbons (Fsp3) is 0.471. The van der Waals surface area contributed by atoms with Crippen LogP contribution in [-0.4, -0.2) is 30.6 Å². The first-order valence-corrected chi connectivity index (χ1v) is 8.52. The van der Waals surface area contributed by atoms with Crippen molar-refractivity contribution in [2.24, 2.45) is 5.73 Å². The number of urea groups is 1. The van der Waals surface area contributed by atoms with E-state index in [0.29, 0.717) is 18.0 Å². The summed E-state index contributed by atoms with van der Waals surface area (Å²) in [6.45, 7) is 2.27. The van der Waals surface area contributed by atoms with E-state index in [-0.39, 0.29) is 18.9 Å². The van der Waals surface area contributed by atoms with Crippen molar-refractivity contribution < 1.29 is 19.1 Å². The molecule has 25 heavy (non-hydrogen) atoms. The predicted molar refractivity (Wildman–Crippen MR) is 94.9 cm³/mol. The molecule has 0 saturated heterocycles. The molecule has 0 aromatic heterocycles. The predicted octanol–water partition coefficient (Wildman–Crippen LogP) is 2.12. The second kappa shape index (κ2) is 11.3. The standard InChI is InChI=1S/C17H24ClN3O4/c1-12(16(23)21-11-13-7-4-5-8-14(13)18)25-15(22)9-3-2-6-10-20-17(19)24/h4-5,7-8,12H,2-3,6,9-11H2,1H3,(H,21,23)(H3,19,20,24)/t12-/m0/s1. The maximum absolute atomic E-state index is 12.0. The summed E-state index contributed by atoms with van der Waals surface area (Å²) in [5, 5.41) is 5.73. The minimum Gasteiger partial charge on any atom is -0.453 e. The largest absolute Gasteiger partial charge is 0.453 e. The molecule has 0 fully saturated rings. The summed E-state index contributed by atoms with van der Waals surface area (Å²) < 4.78 is 5.10. The van der Waals surface area contributed by atoms with Crippen LogP contribution < -0.4 is 16.4 Å². The lowest BCUT2D eigenvalue weighted by molar-refractivity contribution is -0.155. The number of nitrogens with two attached hydrogens (primary N) is 1. The number of carbonyl (C=O) groups is 3. The molecule has 4 N–H and O–H groups in total. The molecule has 0 aliphatic rings. The van der Waals surface area contributed by atoms with Gasteiger partial charge in [-0.25, -0.2) is 4.79 Å². The first-order valence-electron chi connectivity index (χ1n) is 8.14. The Labute approximate surface area is 152 Å². The molecule has 0 aliphatic carbocycles. The van der Waals surface area contributed by atoms with Crippen molar-refractivity contribution in [3.63, 3.8) is 0 Å². The highest BCUT2D eigenvalue weighted by atomic mass is 35.5. The van der Waals surface area contributed by atoms with E-state index in [2.05, 4.69) is 10.6 Å². The van der Waals surface area contributed by atoms with Gasteiger partial charge in [0, 0.05) is 24.5 Å². The van der Waals surface area contributed by atoms with E-state index in [1.807, 2.05) is 18.2 Å².